The normalized spacial score (nSPS) is 14.7. The number of nitrogens with two attached hydrogens (primary N) is 1. The highest BCUT2D eigenvalue weighted by Crippen LogP contribution is 2.36. The molecule has 3 N–H and O–H groups in total. The molecule has 0 aliphatic rings. The molecule has 0 aliphatic carbocycles. The number of ether oxygens (including phenoxy) is 1. The maximum Gasteiger partial charge on any atom is 0.136 e. The average molecular weight is 288 g/mol. The summed E-state index contributed by atoms with van der Waals surface area (Å²) in [6, 6.07) is 1.64. The monoisotopic (exact) mass is 287 g/mol. The molecule has 0 bridgehead atoms. The van der Waals surface area contributed by atoms with Crippen LogP contribution in [0, 0.1) is 13.8 Å². The second-order valence-electron chi connectivity index (χ2n) is 4.06. The van der Waals surface area contributed by atoms with Crippen LogP contribution in [-0.2, 0) is 0 Å². The quantitative estimate of drug-likeness (QED) is 0.898. The molecule has 1 rings (SSSR count). The van der Waals surface area contributed by atoms with Crippen LogP contribution in [0.3, 0.4) is 0 Å². The van der Waals surface area contributed by atoms with E-state index in [0.29, 0.717) is 0 Å². The number of aliphatic hydroxyl groups excluding tert-OH is 1. The van der Waals surface area contributed by atoms with E-state index in [9.17, 15) is 5.11 Å². The van der Waals surface area contributed by atoms with Gasteiger partial charge in [0.05, 0.1) is 17.7 Å². The lowest BCUT2D eigenvalue weighted by atomic mass is 9.96. The first-order chi connectivity index (χ1) is 7.40. The van der Waals surface area contributed by atoms with Gasteiger partial charge in [-0.1, -0.05) is 6.07 Å². The predicted molar refractivity (Wildman–Crippen MR) is 68.8 cm³/mol. The first kappa shape index (κ1) is 13.5. The Balaban J connectivity index is 3.36. The molecule has 0 aliphatic heterocycles. The molecule has 1 aromatic rings. The van der Waals surface area contributed by atoms with Gasteiger partial charge >= 0.3 is 0 Å². The molecule has 90 valence electrons. The Hall–Kier alpha value is -0.580. The number of rotatable bonds is 3. The van der Waals surface area contributed by atoms with Gasteiger partial charge in [-0.3, -0.25) is 0 Å². The molecule has 4 heteroatoms. The Bertz CT molecular complexity index is 391. The van der Waals surface area contributed by atoms with Crippen molar-refractivity contribution in [3.8, 4) is 5.75 Å². The molecule has 1 aromatic carbocycles. The van der Waals surface area contributed by atoms with E-state index >= 15 is 0 Å². The van der Waals surface area contributed by atoms with Gasteiger partial charge in [-0.25, -0.2) is 0 Å². The Morgan fingerprint density at radius 2 is 2.00 bits per heavy atom. The predicted octanol–water partition coefficient (Wildman–Crippen LogP) is 2.46. The van der Waals surface area contributed by atoms with Crippen LogP contribution in [0.2, 0.25) is 0 Å². The van der Waals surface area contributed by atoms with E-state index in [1.807, 2.05) is 19.9 Å². The minimum absolute atomic E-state index is 0.302. The number of hydrogen-bond donors (Lipinski definition) is 2. The summed E-state index contributed by atoms with van der Waals surface area (Å²) in [6.07, 6.45) is -0.666. The van der Waals surface area contributed by atoms with Crippen molar-refractivity contribution in [2.24, 2.45) is 5.73 Å². The summed E-state index contributed by atoms with van der Waals surface area (Å²) in [5, 5.41) is 10.0. The maximum atomic E-state index is 10.0. The SMILES string of the molecule is COc1c(C)c(C(O)C(C)N)cc(C)c1Br. The summed E-state index contributed by atoms with van der Waals surface area (Å²) < 4.78 is 6.25. The third-order valence-electron chi connectivity index (χ3n) is 2.71. The van der Waals surface area contributed by atoms with E-state index in [1.54, 1.807) is 14.0 Å². The Morgan fingerprint density at radius 1 is 1.44 bits per heavy atom. The summed E-state index contributed by atoms with van der Waals surface area (Å²) in [7, 11) is 1.62. The summed E-state index contributed by atoms with van der Waals surface area (Å²) in [4.78, 5) is 0. The first-order valence-corrected chi connectivity index (χ1v) is 5.96. The third-order valence-corrected chi connectivity index (χ3v) is 3.70. The molecule has 2 atom stereocenters. The lowest BCUT2D eigenvalue weighted by Crippen LogP contribution is -2.25. The largest absolute Gasteiger partial charge is 0.495 e. The molecule has 0 saturated carbocycles. The van der Waals surface area contributed by atoms with Gasteiger partial charge in [0.1, 0.15) is 5.75 Å². The Kier molecular flexibility index (Phi) is 4.35. The van der Waals surface area contributed by atoms with Gasteiger partial charge in [0.2, 0.25) is 0 Å². The van der Waals surface area contributed by atoms with E-state index in [-0.39, 0.29) is 6.04 Å². The van der Waals surface area contributed by atoms with Gasteiger partial charge in [-0.15, -0.1) is 0 Å². The second kappa shape index (κ2) is 5.17. The molecule has 16 heavy (non-hydrogen) atoms. The van der Waals surface area contributed by atoms with Crippen molar-refractivity contribution in [2.45, 2.75) is 32.9 Å². The van der Waals surface area contributed by atoms with Crippen molar-refractivity contribution in [3.63, 3.8) is 0 Å². The van der Waals surface area contributed by atoms with Crippen molar-refractivity contribution in [2.75, 3.05) is 7.11 Å². The summed E-state index contributed by atoms with van der Waals surface area (Å²) >= 11 is 3.47. The van der Waals surface area contributed by atoms with E-state index < -0.39 is 6.10 Å². The number of hydrogen-bond acceptors (Lipinski definition) is 3. The maximum absolute atomic E-state index is 10.0. The molecular formula is C12H18BrNO2. The highest BCUT2D eigenvalue weighted by molar-refractivity contribution is 9.10. The van der Waals surface area contributed by atoms with Crippen LogP contribution < -0.4 is 10.5 Å². The molecule has 3 nitrogen and oxygen atoms in total. The van der Waals surface area contributed by atoms with Crippen molar-refractivity contribution >= 4 is 15.9 Å². The molecular weight excluding hydrogens is 270 g/mol. The number of benzene rings is 1. The van der Waals surface area contributed by atoms with E-state index in [4.69, 9.17) is 10.5 Å². The van der Waals surface area contributed by atoms with Crippen molar-refractivity contribution in [1.29, 1.82) is 0 Å². The fourth-order valence-electron chi connectivity index (χ4n) is 1.71. The van der Waals surface area contributed by atoms with Crippen LogP contribution in [0.5, 0.6) is 5.75 Å². The van der Waals surface area contributed by atoms with Gasteiger partial charge in [-0.05, 0) is 53.4 Å². The van der Waals surface area contributed by atoms with Crippen LogP contribution in [0.15, 0.2) is 10.5 Å². The van der Waals surface area contributed by atoms with Gasteiger partial charge in [0.15, 0.2) is 0 Å². The molecule has 0 spiro atoms. The summed E-state index contributed by atoms with van der Waals surface area (Å²) in [5.74, 6) is 0.759. The molecule has 0 heterocycles. The molecule has 0 saturated heterocycles. The Labute approximate surface area is 105 Å². The molecule has 0 amide bonds. The topological polar surface area (TPSA) is 55.5 Å². The van der Waals surface area contributed by atoms with Crippen LogP contribution in [0.25, 0.3) is 0 Å². The van der Waals surface area contributed by atoms with Crippen molar-refractivity contribution < 1.29 is 9.84 Å². The second-order valence-corrected chi connectivity index (χ2v) is 4.85. The van der Waals surface area contributed by atoms with Gasteiger partial charge in [-0.2, -0.15) is 0 Å². The lowest BCUT2D eigenvalue weighted by Gasteiger charge is -2.21. The standard InChI is InChI=1S/C12H18BrNO2/c1-6-5-9(11(15)8(3)14)7(2)12(16-4)10(6)13/h5,8,11,15H,14H2,1-4H3. The molecule has 2 unspecified atom stereocenters. The number of aliphatic hydroxyl groups is 1. The van der Waals surface area contributed by atoms with Crippen LogP contribution in [-0.4, -0.2) is 18.3 Å². The minimum Gasteiger partial charge on any atom is -0.495 e. The summed E-state index contributed by atoms with van der Waals surface area (Å²) in [6.45, 7) is 5.67. The fourth-order valence-corrected chi connectivity index (χ4v) is 2.29. The molecule has 0 radical (unpaired) electrons. The van der Waals surface area contributed by atoms with E-state index in [0.717, 1.165) is 26.9 Å². The van der Waals surface area contributed by atoms with Gasteiger partial charge < -0.3 is 15.6 Å². The highest BCUT2D eigenvalue weighted by Gasteiger charge is 2.20. The number of aryl methyl sites for hydroxylation is 1. The zero-order valence-corrected chi connectivity index (χ0v) is 11.6. The van der Waals surface area contributed by atoms with Crippen molar-refractivity contribution in [3.05, 3.63) is 27.2 Å². The highest BCUT2D eigenvalue weighted by atomic mass is 79.9. The van der Waals surface area contributed by atoms with E-state index in [2.05, 4.69) is 15.9 Å². The van der Waals surface area contributed by atoms with E-state index in [1.165, 1.54) is 0 Å². The third kappa shape index (κ3) is 2.39. The number of methoxy groups -OCH3 is 1. The van der Waals surface area contributed by atoms with Crippen LogP contribution >= 0.6 is 15.9 Å². The zero-order valence-electron chi connectivity index (χ0n) is 10.0. The molecule has 0 fully saturated rings. The lowest BCUT2D eigenvalue weighted by molar-refractivity contribution is 0.152. The molecule has 0 aromatic heterocycles. The van der Waals surface area contributed by atoms with Crippen molar-refractivity contribution in [1.82, 2.24) is 0 Å². The van der Waals surface area contributed by atoms with Crippen LogP contribution in [0.4, 0.5) is 0 Å². The number of halogens is 1. The minimum atomic E-state index is -0.666. The average Bonchev–Trinajstić information content (AvgIpc) is 2.23. The van der Waals surface area contributed by atoms with Gasteiger partial charge in [0, 0.05) is 6.04 Å². The smallest absolute Gasteiger partial charge is 0.136 e. The fraction of sp³-hybridized carbons (Fsp3) is 0.500. The summed E-state index contributed by atoms with van der Waals surface area (Å²) in [5.41, 5.74) is 8.49. The zero-order chi connectivity index (χ0) is 12.5. The first-order valence-electron chi connectivity index (χ1n) is 5.17. The van der Waals surface area contributed by atoms with Crippen LogP contribution in [0.1, 0.15) is 29.7 Å². The Morgan fingerprint density at radius 3 is 2.44 bits per heavy atom. The van der Waals surface area contributed by atoms with Gasteiger partial charge in [0.25, 0.3) is 0 Å².